The van der Waals surface area contributed by atoms with Crippen LogP contribution in [-0.2, 0) is 11.2 Å². The maximum absolute atomic E-state index is 12.7. The minimum absolute atomic E-state index is 0.143. The van der Waals surface area contributed by atoms with Crippen molar-refractivity contribution in [3.63, 3.8) is 0 Å². The van der Waals surface area contributed by atoms with Crippen molar-refractivity contribution in [2.24, 2.45) is 0 Å². The molecule has 1 atom stereocenters. The number of rotatable bonds is 7. The monoisotopic (exact) mass is 372 g/mol. The van der Waals surface area contributed by atoms with Gasteiger partial charge in [0.25, 0.3) is 5.91 Å². The summed E-state index contributed by atoms with van der Waals surface area (Å²) in [7, 11) is 0. The molecule has 0 radical (unpaired) electrons. The van der Waals surface area contributed by atoms with E-state index in [0.717, 1.165) is 23.2 Å². The van der Waals surface area contributed by atoms with E-state index in [1.807, 2.05) is 72.8 Å². The van der Waals surface area contributed by atoms with E-state index in [-0.39, 0.29) is 18.2 Å². The maximum Gasteiger partial charge on any atom is 0.251 e. The molecule has 4 nitrogen and oxygen atoms in total. The Balaban J connectivity index is 1.73. The highest BCUT2D eigenvalue weighted by Gasteiger charge is 2.19. The third kappa shape index (κ3) is 5.30. The number of carbonyl (C=O) groups excluding carboxylic acids is 2. The van der Waals surface area contributed by atoms with Gasteiger partial charge in [-0.1, -0.05) is 67.6 Å². The number of nitrogens with one attached hydrogen (secondary N) is 2. The third-order valence-corrected chi connectivity index (χ3v) is 4.55. The van der Waals surface area contributed by atoms with Crippen molar-refractivity contribution >= 4 is 17.5 Å². The van der Waals surface area contributed by atoms with E-state index in [0.29, 0.717) is 5.56 Å². The summed E-state index contributed by atoms with van der Waals surface area (Å²) < 4.78 is 0. The molecular weight excluding hydrogens is 348 g/mol. The fraction of sp³-hybridized carbons (Fsp3) is 0.167. The highest BCUT2D eigenvalue weighted by atomic mass is 16.2. The van der Waals surface area contributed by atoms with Crippen LogP contribution in [0.1, 0.15) is 40.9 Å². The zero-order chi connectivity index (χ0) is 19.8. The summed E-state index contributed by atoms with van der Waals surface area (Å²) in [5.74, 6) is -0.342. The SMILES string of the molecule is CCc1cccc(NC(=O)C[C@H](NC(=O)c2ccccc2)c2ccccc2)c1. The summed E-state index contributed by atoms with van der Waals surface area (Å²) in [6.07, 6.45) is 1.06. The molecule has 3 aromatic rings. The molecule has 2 amide bonds. The van der Waals surface area contributed by atoms with Crippen molar-refractivity contribution in [2.45, 2.75) is 25.8 Å². The molecule has 0 saturated heterocycles. The van der Waals surface area contributed by atoms with E-state index in [2.05, 4.69) is 17.6 Å². The van der Waals surface area contributed by atoms with Gasteiger partial charge in [0.05, 0.1) is 12.5 Å². The lowest BCUT2D eigenvalue weighted by molar-refractivity contribution is -0.116. The van der Waals surface area contributed by atoms with Crippen LogP contribution in [0.4, 0.5) is 5.69 Å². The fourth-order valence-electron chi connectivity index (χ4n) is 3.04. The van der Waals surface area contributed by atoms with Crippen molar-refractivity contribution in [3.05, 3.63) is 102 Å². The minimum atomic E-state index is -0.414. The first-order valence-electron chi connectivity index (χ1n) is 9.45. The molecule has 0 heterocycles. The van der Waals surface area contributed by atoms with Crippen molar-refractivity contribution in [1.29, 1.82) is 0 Å². The zero-order valence-corrected chi connectivity index (χ0v) is 15.9. The Morgan fingerprint density at radius 3 is 2.21 bits per heavy atom. The number of hydrogen-bond acceptors (Lipinski definition) is 2. The quantitative estimate of drug-likeness (QED) is 0.629. The van der Waals surface area contributed by atoms with E-state index < -0.39 is 6.04 Å². The first kappa shape index (κ1) is 19.4. The molecule has 2 N–H and O–H groups in total. The predicted octanol–water partition coefficient (Wildman–Crippen LogP) is 4.75. The smallest absolute Gasteiger partial charge is 0.251 e. The Morgan fingerprint density at radius 1 is 0.857 bits per heavy atom. The molecule has 3 rings (SSSR count). The minimum Gasteiger partial charge on any atom is -0.345 e. The fourth-order valence-corrected chi connectivity index (χ4v) is 3.04. The highest BCUT2D eigenvalue weighted by Crippen LogP contribution is 2.19. The first-order chi connectivity index (χ1) is 13.7. The van der Waals surface area contributed by atoms with E-state index in [1.165, 1.54) is 0 Å². The summed E-state index contributed by atoms with van der Waals surface area (Å²) in [5, 5.41) is 5.93. The topological polar surface area (TPSA) is 58.2 Å². The average Bonchev–Trinajstić information content (AvgIpc) is 2.74. The molecule has 0 aliphatic carbocycles. The van der Waals surface area contributed by atoms with Crippen molar-refractivity contribution < 1.29 is 9.59 Å². The molecule has 3 aromatic carbocycles. The molecule has 0 aromatic heterocycles. The number of anilines is 1. The maximum atomic E-state index is 12.7. The lowest BCUT2D eigenvalue weighted by atomic mass is 10.0. The number of amides is 2. The first-order valence-corrected chi connectivity index (χ1v) is 9.45. The van der Waals surface area contributed by atoms with Crippen LogP contribution in [0.5, 0.6) is 0 Å². The van der Waals surface area contributed by atoms with E-state index in [1.54, 1.807) is 12.1 Å². The normalized spacial score (nSPS) is 11.5. The van der Waals surface area contributed by atoms with E-state index in [4.69, 9.17) is 0 Å². The molecule has 0 saturated carbocycles. The molecule has 142 valence electrons. The van der Waals surface area contributed by atoms with Crippen LogP contribution in [-0.4, -0.2) is 11.8 Å². The van der Waals surface area contributed by atoms with Crippen LogP contribution in [0, 0.1) is 0 Å². The molecule has 28 heavy (non-hydrogen) atoms. The second kappa shape index (κ2) is 9.51. The second-order valence-corrected chi connectivity index (χ2v) is 6.61. The van der Waals surface area contributed by atoms with Crippen molar-refractivity contribution in [3.8, 4) is 0 Å². The Labute approximate surface area is 165 Å². The highest BCUT2D eigenvalue weighted by molar-refractivity contribution is 5.95. The molecule has 0 fully saturated rings. The molecule has 0 bridgehead atoms. The van der Waals surface area contributed by atoms with Gasteiger partial charge in [-0.15, -0.1) is 0 Å². The molecule has 4 heteroatoms. The molecular formula is C24H24N2O2. The summed E-state index contributed by atoms with van der Waals surface area (Å²) >= 11 is 0. The second-order valence-electron chi connectivity index (χ2n) is 6.61. The Morgan fingerprint density at radius 2 is 1.54 bits per heavy atom. The molecule has 0 aliphatic heterocycles. The largest absolute Gasteiger partial charge is 0.345 e. The number of aryl methyl sites for hydroxylation is 1. The summed E-state index contributed by atoms with van der Waals surface area (Å²) in [5.41, 5.74) is 3.39. The van der Waals surface area contributed by atoms with Gasteiger partial charge in [0.15, 0.2) is 0 Å². The summed E-state index contributed by atoms with van der Waals surface area (Å²) in [6, 6.07) is 26.0. The van der Waals surface area contributed by atoms with Crippen LogP contribution >= 0.6 is 0 Å². The van der Waals surface area contributed by atoms with Crippen LogP contribution in [0.2, 0.25) is 0 Å². The molecule has 0 spiro atoms. The van der Waals surface area contributed by atoms with Gasteiger partial charge in [-0.05, 0) is 41.8 Å². The zero-order valence-electron chi connectivity index (χ0n) is 15.9. The third-order valence-electron chi connectivity index (χ3n) is 4.55. The van der Waals surface area contributed by atoms with Crippen LogP contribution in [0.25, 0.3) is 0 Å². The standard InChI is InChI=1S/C24H24N2O2/c1-2-18-10-9-15-21(16-18)25-23(27)17-22(19-11-5-3-6-12-19)26-24(28)20-13-7-4-8-14-20/h3-16,22H,2,17H2,1H3,(H,25,27)(H,26,28)/t22-/m0/s1. The lowest BCUT2D eigenvalue weighted by Crippen LogP contribution is -2.31. The number of carbonyl (C=O) groups is 2. The Bertz CT molecular complexity index is 924. The van der Waals surface area contributed by atoms with Crippen LogP contribution < -0.4 is 10.6 Å². The van der Waals surface area contributed by atoms with Crippen LogP contribution in [0.15, 0.2) is 84.9 Å². The van der Waals surface area contributed by atoms with Gasteiger partial charge in [-0.25, -0.2) is 0 Å². The van der Waals surface area contributed by atoms with Gasteiger partial charge in [0, 0.05) is 11.3 Å². The van der Waals surface area contributed by atoms with Gasteiger partial charge in [0.2, 0.25) is 5.91 Å². The predicted molar refractivity (Wildman–Crippen MR) is 112 cm³/mol. The Kier molecular flexibility index (Phi) is 6.58. The van der Waals surface area contributed by atoms with E-state index in [9.17, 15) is 9.59 Å². The van der Waals surface area contributed by atoms with Crippen molar-refractivity contribution in [1.82, 2.24) is 5.32 Å². The van der Waals surface area contributed by atoms with Crippen LogP contribution in [0.3, 0.4) is 0 Å². The average molecular weight is 372 g/mol. The van der Waals surface area contributed by atoms with Gasteiger partial charge in [0.1, 0.15) is 0 Å². The molecule has 0 unspecified atom stereocenters. The van der Waals surface area contributed by atoms with E-state index >= 15 is 0 Å². The summed E-state index contributed by atoms with van der Waals surface area (Å²) in [4.78, 5) is 25.3. The number of hydrogen-bond donors (Lipinski definition) is 2. The van der Waals surface area contributed by atoms with Crippen molar-refractivity contribution in [2.75, 3.05) is 5.32 Å². The van der Waals surface area contributed by atoms with Gasteiger partial charge < -0.3 is 10.6 Å². The Hall–Kier alpha value is -3.40. The lowest BCUT2D eigenvalue weighted by Gasteiger charge is -2.19. The van der Waals surface area contributed by atoms with Gasteiger partial charge >= 0.3 is 0 Å². The molecule has 0 aliphatic rings. The van der Waals surface area contributed by atoms with Gasteiger partial charge in [-0.3, -0.25) is 9.59 Å². The number of benzene rings is 3. The summed E-state index contributed by atoms with van der Waals surface area (Å²) in [6.45, 7) is 2.07. The van der Waals surface area contributed by atoms with Gasteiger partial charge in [-0.2, -0.15) is 0 Å².